The topological polar surface area (TPSA) is 97.7 Å². The van der Waals surface area contributed by atoms with Gasteiger partial charge in [-0.2, -0.15) is 5.26 Å². The van der Waals surface area contributed by atoms with E-state index in [1.54, 1.807) is 44.2 Å². The van der Waals surface area contributed by atoms with Crippen LogP contribution in [0.3, 0.4) is 0 Å². The molecule has 0 fully saturated rings. The highest BCUT2D eigenvalue weighted by Crippen LogP contribution is 2.37. The molecular weight excluding hydrogens is 488 g/mol. The molecular formula is C22H20BrClN2O5. The van der Waals surface area contributed by atoms with Crippen LogP contribution in [-0.4, -0.2) is 32.2 Å². The Kier molecular flexibility index (Phi) is 8.91. The normalized spacial score (nSPS) is 10.8. The summed E-state index contributed by atoms with van der Waals surface area (Å²) in [6, 6.07) is 10.2. The van der Waals surface area contributed by atoms with Crippen molar-refractivity contribution in [3.63, 3.8) is 0 Å². The standard InChI is InChI=1S/C22H20BrClN2O5/c1-4-30-20(27)12-31-21-16(23)9-14(10-19(21)29-3)8-15(11-25)22(28)26-18-7-5-6-17(24)13(18)2/h5-10H,4,12H2,1-3H3,(H,26,28)/b15-8-. The fraction of sp³-hybridized carbons (Fsp3) is 0.227. The number of halogens is 2. The zero-order valence-corrected chi connectivity index (χ0v) is 19.5. The highest BCUT2D eigenvalue weighted by atomic mass is 79.9. The Morgan fingerprint density at radius 1 is 1.32 bits per heavy atom. The van der Waals surface area contributed by atoms with Gasteiger partial charge in [-0.15, -0.1) is 0 Å². The number of carbonyl (C=O) groups excluding carboxylic acids is 2. The SMILES string of the molecule is CCOC(=O)COc1c(Br)cc(/C=C(/C#N)C(=O)Nc2cccc(Cl)c2C)cc1OC. The van der Waals surface area contributed by atoms with E-state index in [-0.39, 0.29) is 18.8 Å². The number of nitrogens with one attached hydrogen (secondary N) is 1. The van der Waals surface area contributed by atoms with Gasteiger partial charge in [-0.3, -0.25) is 4.79 Å². The molecule has 2 rings (SSSR count). The van der Waals surface area contributed by atoms with Gasteiger partial charge in [0.1, 0.15) is 11.6 Å². The van der Waals surface area contributed by atoms with E-state index in [1.807, 2.05) is 6.07 Å². The van der Waals surface area contributed by atoms with Gasteiger partial charge in [-0.25, -0.2) is 4.79 Å². The van der Waals surface area contributed by atoms with E-state index in [0.717, 1.165) is 0 Å². The van der Waals surface area contributed by atoms with Gasteiger partial charge in [-0.05, 0) is 71.2 Å². The van der Waals surface area contributed by atoms with Crippen LogP contribution in [0.1, 0.15) is 18.1 Å². The van der Waals surface area contributed by atoms with Gasteiger partial charge in [-0.1, -0.05) is 17.7 Å². The molecule has 0 saturated heterocycles. The molecule has 0 aliphatic rings. The van der Waals surface area contributed by atoms with Gasteiger partial charge in [0.2, 0.25) is 0 Å². The van der Waals surface area contributed by atoms with Gasteiger partial charge in [0, 0.05) is 10.7 Å². The highest BCUT2D eigenvalue weighted by molar-refractivity contribution is 9.10. The van der Waals surface area contributed by atoms with Crippen LogP contribution < -0.4 is 14.8 Å². The second kappa shape index (κ2) is 11.4. The monoisotopic (exact) mass is 506 g/mol. The lowest BCUT2D eigenvalue weighted by Crippen LogP contribution is -2.15. The van der Waals surface area contributed by atoms with Crippen molar-refractivity contribution in [1.82, 2.24) is 0 Å². The maximum atomic E-state index is 12.6. The molecule has 0 spiro atoms. The molecule has 0 bridgehead atoms. The Morgan fingerprint density at radius 3 is 2.71 bits per heavy atom. The van der Waals surface area contributed by atoms with E-state index in [4.69, 9.17) is 25.8 Å². The summed E-state index contributed by atoms with van der Waals surface area (Å²) in [5.74, 6) is -0.482. The van der Waals surface area contributed by atoms with E-state index in [9.17, 15) is 14.9 Å². The van der Waals surface area contributed by atoms with Gasteiger partial charge in [0.05, 0.1) is 18.2 Å². The van der Waals surface area contributed by atoms with Crippen molar-refractivity contribution in [2.75, 3.05) is 25.6 Å². The largest absolute Gasteiger partial charge is 0.493 e. The van der Waals surface area contributed by atoms with Crippen LogP contribution in [0, 0.1) is 18.3 Å². The molecule has 0 aliphatic carbocycles. The van der Waals surface area contributed by atoms with E-state index in [0.29, 0.717) is 37.8 Å². The molecule has 31 heavy (non-hydrogen) atoms. The maximum absolute atomic E-state index is 12.6. The summed E-state index contributed by atoms with van der Waals surface area (Å²) < 4.78 is 16.1. The fourth-order valence-corrected chi connectivity index (χ4v) is 3.29. The molecule has 2 aromatic rings. The maximum Gasteiger partial charge on any atom is 0.344 e. The summed E-state index contributed by atoms with van der Waals surface area (Å²) in [6.45, 7) is 3.43. The molecule has 0 saturated carbocycles. The molecule has 162 valence electrons. The van der Waals surface area contributed by atoms with Crippen molar-refractivity contribution in [2.45, 2.75) is 13.8 Å². The van der Waals surface area contributed by atoms with Crippen molar-refractivity contribution >= 4 is 51.2 Å². The molecule has 0 aromatic heterocycles. The van der Waals surface area contributed by atoms with Crippen LogP contribution in [0.2, 0.25) is 5.02 Å². The first-order chi connectivity index (χ1) is 14.8. The summed E-state index contributed by atoms with van der Waals surface area (Å²) in [7, 11) is 1.44. The Labute approximate surface area is 193 Å². The minimum absolute atomic E-state index is 0.117. The number of amides is 1. The van der Waals surface area contributed by atoms with Crippen molar-refractivity contribution in [3.8, 4) is 17.6 Å². The van der Waals surface area contributed by atoms with Crippen LogP contribution in [0.15, 0.2) is 40.4 Å². The Balaban J connectivity index is 2.28. The molecule has 0 radical (unpaired) electrons. The molecule has 1 N–H and O–H groups in total. The summed E-state index contributed by atoms with van der Waals surface area (Å²) >= 11 is 9.44. The number of nitrogens with zero attached hydrogens (tertiary/aromatic N) is 1. The van der Waals surface area contributed by atoms with E-state index >= 15 is 0 Å². The molecule has 0 heterocycles. The van der Waals surface area contributed by atoms with Gasteiger partial charge in [0.25, 0.3) is 5.91 Å². The van der Waals surface area contributed by atoms with E-state index < -0.39 is 11.9 Å². The molecule has 0 unspecified atom stereocenters. The lowest BCUT2D eigenvalue weighted by molar-refractivity contribution is -0.145. The highest BCUT2D eigenvalue weighted by Gasteiger charge is 2.16. The van der Waals surface area contributed by atoms with Crippen molar-refractivity contribution < 1.29 is 23.8 Å². The molecule has 9 heteroatoms. The van der Waals surface area contributed by atoms with Crippen LogP contribution in [-0.2, 0) is 14.3 Å². The lowest BCUT2D eigenvalue weighted by Gasteiger charge is -2.13. The number of hydrogen-bond donors (Lipinski definition) is 1. The Hall–Kier alpha value is -3.02. The number of hydrogen-bond acceptors (Lipinski definition) is 6. The lowest BCUT2D eigenvalue weighted by atomic mass is 10.1. The first kappa shape index (κ1) is 24.3. The molecule has 2 aromatic carbocycles. The summed E-state index contributed by atoms with van der Waals surface area (Å²) in [4.78, 5) is 24.1. The van der Waals surface area contributed by atoms with Gasteiger partial charge in [0.15, 0.2) is 18.1 Å². The third kappa shape index (κ3) is 6.48. The van der Waals surface area contributed by atoms with Crippen LogP contribution in [0.25, 0.3) is 6.08 Å². The number of esters is 1. The molecule has 0 atom stereocenters. The van der Waals surface area contributed by atoms with Crippen molar-refractivity contribution in [3.05, 3.63) is 56.5 Å². The van der Waals surface area contributed by atoms with Crippen molar-refractivity contribution in [1.29, 1.82) is 5.26 Å². The number of rotatable bonds is 8. The first-order valence-corrected chi connectivity index (χ1v) is 10.3. The predicted molar refractivity (Wildman–Crippen MR) is 121 cm³/mol. The van der Waals surface area contributed by atoms with Gasteiger partial charge < -0.3 is 19.5 Å². The number of carbonyl (C=O) groups is 2. The Bertz CT molecular complexity index is 1060. The summed E-state index contributed by atoms with van der Waals surface area (Å²) in [5, 5.41) is 12.7. The molecule has 7 nitrogen and oxygen atoms in total. The van der Waals surface area contributed by atoms with Gasteiger partial charge >= 0.3 is 5.97 Å². The summed E-state index contributed by atoms with van der Waals surface area (Å²) in [5.41, 5.74) is 1.61. The molecule has 1 amide bonds. The number of anilines is 1. The third-order valence-corrected chi connectivity index (χ3v) is 5.08. The minimum Gasteiger partial charge on any atom is -0.493 e. The molecule has 0 aliphatic heterocycles. The zero-order valence-electron chi connectivity index (χ0n) is 17.1. The second-order valence-corrected chi connectivity index (χ2v) is 7.43. The third-order valence-electron chi connectivity index (χ3n) is 4.08. The van der Waals surface area contributed by atoms with E-state index in [1.165, 1.54) is 13.2 Å². The second-order valence-electron chi connectivity index (χ2n) is 6.16. The van der Waals surface area contributed by atoms with Crippen LogP contribution >= 0.6 is 27.5 Å². The first-order valence-electron chi connectivity index (χ1n) is 9.14. The minimum atomic E-state index is -0.578. The van der Waals surface area contributed by atoms with Crippen LogP contribution in [0.5, 0.6) is 11.5 Å². The fourth-order valence-electron chi connectivity index (χ4n) is 2.54. The summed E-state index contributed by atoms with van der Waals surface area (Å²) in [6.07, 6.45) is 1.41. The van der Waals surface area contributed by atoms with Crippen molar-refractivity contribution in [2.24, 2.45) is 0 Å². The predicted octanol–water partition coefficient (Wildman–Crippen LogP) is 4.91. The average molecular weight is 508 g/mol. The number of ether oxygens (including phenoxy) is 3. The van der Waals surface area contributed by atoms with Crippen LogP contribution in [0.4, 0.5) is 5.69 Å². The Morgan fingerprint density at radius 2 is 2.06 bits per heavy atom. The number of methoxy groups -OCH3 is 1. The number of nitriles is 1. The zero-order chi connectivity index (χ0) is 23.0. The number of benzene rings is 2. The average Bonchev–Trinajstić information content (AvgIpc) is 2.74. The smallest absolute Gasteiger partial charge is 0.344 e. The van der Waals surface area contributed by atoms with E-state index in [2.05, 4.69) is 21.2 Å². The quantitative estimate of drug-likeness (QED) is 0.310.